The first-order valence-electron chi connectivity index (χ1n) is 9.61. The summed E-state index contributed by atoms with van der Waals surface area (Å²) in [6.07, 6.45) is 5.18. The molecule has 0 amide bonds. The molecular weight excluding hydrogens is 342 g/mol. The molecule has 2 atom stereocenters. The van der Waals surface area contributed by atoms with Gasteiger partial charge in [0, 0.05) is 33.6 Å². The van der Waals surface area contributed by atoms with Gasteiger partial charge in [-0.25, -0.2) is 4.98 Å². The molecule has 5 heteroatoms. The molecule has 0 bridgehead atoms. The fraction of sp³-hybridized carbons (Fsp3) is 0.476. The van der Waals surface area contributed by atoms with Gasteiger partial charge in [-0.15, -0.1) is 11.3 Å². The van der Waals surface area contributed by atoms with Crippen molar-refractivity contribution in [3.63, 3.8) is 0 Å². The van der Waals surface area contributed by atoms with Crippen molar-refractivity contribution in [1.29, 1.82) is 0 Å². The minimum absolute atomic E-state index is 0.561. The second-order valence-corrected chi connectivity index (χ2v) is 8.27. The van der Waals surface area contributed by atoms with Gasteiger partial charge in [0.1, 0.15) is 5.75 Å². The summed E-state index contributed by atoms with van der Waals surface area (Å²) in [5.74, 6) is 1.72. The van der Waals surface area contributed by atoms with E-state index in [1.165, 1.54) is 36.6 Å². The van der Waals surface area contributed by atoms with Crippen molar-refractivity contribution in [2.45, 2.75) is 52.5 Å². The highest BCUT2D eigenvalue weighted by Crippen LogP contribution is 2.36. The van der Waals surface area contributed by atoms with Crippen molar-refractivity contribution in [1.82, 2.24) is 9.97 Å². The standard InChI is InChI=1S/C21H27N3OS/c1-4-25-16-8-9-18-17(11-16)20(14(3)22-18)19-12-26-21(24-19)23-15-7-5-6-13(2)10-15/h8-9,11-13,15,22H,4-7,10H2,1-3H3,(H,23,24). The fourth-order valence-electron chi connectivity index (χ4n) is 4.09. The van der Waals surface area contributed by atoms with Gasteiger partial charge < -0.3 is 15.0 Å². The van der Waals surface area contributed by atoms with Crippen LogP contribution >= 0.6 is 11.3 Å². The van der Waals surface area contributed by atoms with Gasteiger partial charge in [0.25, 0.3) is 0 Å². The lowest BCUT2D eigenvalue weighted by molar-refractivity contribution is 0.341. The Hall–Kier alpha value is -2.01. The second-order valence-electron chi connectivity index (χ2n) is 7.42. The number of aromatic nitrogens is 2. The molecule has 2 N–H and O–H groups in total. The van der Waals surface area contributed by atoms with Crippen LogP contribution in [0.15, 0.2) is 23.6 Å². The number of hydrogen-bond donors (Lipinski definition) is 2. The van der Waals surface area contributed by atoms with Crippen molar-refractivity contribution in [2.75, 3.05) is 11.9 Å². The lowest BCUT2D eigenvalue weighted by Crippen LogP contribution is -2.26. The van der Waals surface area contributed by atoms with Crippen LogP contribution in [0.3, 0.4) is 0 Å². The summed E-state index contributed by atoms with van der Waals surface area (Å²) in [7, 11) is 0. The number of nitrogens with one attached hydrogen (secondary N) is 2. The zero-order chi connectivity index (χ0) is 18.1. The van der Waals surface area contributed by atoms with Crippen LogP contribution in [0.2, 0.25) is 0 Å². The number of rotatable bonds is 5. The first-order chi connectivity index (χ1) is 12.6. The van der Waals surface area contributed by atoms with E-state index in [-0.39, 0.29) is 0 Å². The number of aromatic amines is 1. The SMILES string of the molecule is CCOc1ccc2[nH]c(C)c(-c3csc(NC4CCCC(C)C4)n3)c2c1. The number of ether oxygens (including phenoxy) is 1. The van der Waals surface area contributed by atoms with E-state index in [0.717, 1.165) is 33.7 Å². The van der Waals surface area contributed by atoms with E-state index in [4.69, 9.17) is 9.72 Å². The number of nitrogens with zero attached hydrogens (tertiary/aromatic N) is 1. The molecular formula is C21H27N3OS. The highest BCUT2D eigenvalue weighted by atomic mass is 32.1. The van der Waals surface area contributed by atoms with E-state index in [1.807, 2.05) is 13.0 Å². The van der Waals surface area contributed by atoms with Crippen molar-refractivity contribution in [3.8, 4) is 17.0 Å². The maximum Gasteiger partial charge on any atom is 0.183 e. The Bertz CT molecular complexity index is 898. The third-order valence-corrected chi connectivity index (χ3v) is 6.07. The Morgan fingerprint density at radius 3 is 3.04 bits per heavy atom. The molecule has 1 saturated carbocycles. The molecule has 2 unspecified atom stereocenters. The third kappa shape index (κ3) is 3.45. The molecule has 0 spiro atoms. The molecule has 1 fully saturated rings. The minimum Gasteiger partial charge on any atom is -0.494 e. The number of benzene rings is 1. The van der Waals surface area contributed by atoms with Crippen molar-refractivity contribution < 1.29 is 4.74 Å². The van der Waals surface area contributed by atoms with Gasteiger partial charge in [-0.05, 0) is 50.8 Å². The van der Waals surface area contributed by atoms with Gasteiger partial charge in [0.05, 0.1) is 12.3 Å². The number of aryl methyl sites for hydroxylation is 1. The molecule has 1 aliphatic rings. The smallest absolute Gasteiger partial charge is 0.183 e. The summed E-state index contributed by atoms with van der Waals surface area (Å²) in [5.41, 5.74) is 4.50. The fourth-order valence-corrected chi connectivity index (χ4v) is 4.87. The van der Waals surface area contributed by atoms with E-state index in [0.29, 0.717) is 12.6 Å². The van der Waals surface area contributed by atoms with E-state index in [2.05, 4.69) is 41.7 Å². The minimum atomic E-state index is 0.561. The molecule has 138 valence electrons. The monoisotopic (exact) mass is 369 g/mol. The van der Waals surface area contributed by atoms with Gasteiger partial charge in [-0.1, -0.05) is 19.8 Å². The Kier molecular flexibility index (Phi) is 4.90. The van der Waals surface area contributed by atoms with E-state index in [9.17, 15) is 0 Å². The van der Waals surface area contributed by atoms with Gasteiger partial charge in [-0.3, -0.25) is 0 Å². The van der Waals surface area contributed by atoms with E-state index in [1.54, 1.807) is 11.3 Å². The van der Waals surface area contributed by atoms with Crippen molar-refractivity contribution in [3.05, 3.63) is 29.3 Å². The lowest BCUT2D eigenvalue weighted by atomic mass is 9.87. The van der Waals surface area contributed by atoms with Crippen molar-refractivity contribution in [2.24, 2.45) is 5.92 Å². The predicted octanol–water partition coefficient (Wildman–Crippen LogP) is 5.99. The molecule has 4 nitrogen and oxygen atoms in total. The Morgan fingerprint density at radius 1 is 1.35 bits per heavy atom. The first-order valence-corrected chi connectivity index (χ1v) is 10.5. The molecule has 2 aromatic heterocycles. The quantitative estimate of drug-likeness (QED) is 0.581. The maximum atomic E-state index is 5.69. The van der Waals surface area contributed by atoms with Crippen LogP contribution in [-0.4, -0.2) is 22.6 Å². The number of hydrogen-bond acceptors (Lipinski definition) is 4. The average Bonchev–Trinajstić information content (AvgIpc) is 3.18. The highest BCUT2D eigenvalue weighted by Gasteiger charge is 2.20. The number of H-pyrrole nitrogens is 1. The Balaban J connectivity index is 1.62. The molecule has 1 aliphatic carbocycles. The van der Waals surface area contributed by atoms with Gasteiger partial charge >= 0.3 is 0 Å². The molecule has 3 aromatic rings. The average molecular weight is 370 g/mol. The van der Waals surface area contributed by atoms with Crippen LogP contribution in [0.25, 0.3) is 22.2 Å². The largest absolute Gasteiger partial charge is 0.494 e. The molecule has 1 aromatic carbocycles. The van der Waals surface area contributed by atoms with Crippen molar-refractivity contribution >= 4 is 27.4 Å². The molecule has 2 heterocycles. The molecule has 0 saturated heterocycles. The van der Waals surface area contributed by atoms with Crippen LogP contribution in [0.1, 0.15) is 45.2 Å². The summed E-state index contributed by atoms with van der Waals surface area (Å²) in [5, 5.41) is 8.04. The van der Waals surface area contributed by atoms with Crippen LogP contribution in [0.4, 0.5) is 5.13 Å². The van der Waals surface area contributed by atoms with E-state index < -0.39 is 0 Å². The summed E-state index contributed by atoms with van der Waals surface area (Å²) in [6.45, 7) is 7.16. The molecule has 26 heavy (non-hydrogen) atoms. The highest BCUT2D eigenvalue weighted by molar-refractivity contribution is 7.14. The number of anilines is 1. The molecule has 0 aliphatic heterocycles. The molecule has 4 rings (SSSR count). The zero-order valence-electron chi connectivity index (χ0n) is 15.8. The van der Waals surface area contributed by atoms with Crippen LogP contribution in [0, 0.1) is 12.8 Å². The van der Waals surface area contributed by atoms with Gasteiger partial charge in [-0.2, -0.15) is 0 Å². The van der Waals surface area contributed by atoms with E-state index >= 15 is 0 Å². The Labute approximate surface area is 159 Å². The maximum absolute atomic E-state index is 5.69. The first kappa shape index (κ1) is 17.4. The summed E-state index contributed by atoms with van der Waals surface area (Å²) < 4.78 is 5.69. The zero-order valence-corrected chi connectivity index (χ0v) is 16.6. The van der Waals surface area contributed by atoms with Crippen LogP contribution in [-0.2, 0) is 0 Å². The van der Waals surface area contributed by atoms with Gasteiger partial charge in [0.2, 0.25) is 0 Å². The van der Waals surface area contributed by atoms with Gasteiger partial charge in [0.15, 0.2) is 5.13 Å². The topological polar surface area (TPSA) is 49.9 Å². The number of thiazole rings is 1. The predicted molar refractivity (Wildman–Crippen MR) is 110 cm³/mol. The lowest BCUT2D eigenvalue weighted by Gasteiger charge is -2.27. The summed E-state index contributed by atoms with van der Waals surface area (Å²) >= 11 is 1.71. The summed E-state index contributed by atoms with van der Waals surface area (Å²) in [4.78, 5) is 8.39. The number of fused-ring (bicyclic) bond motifs is 1. The molecule has 0 radical (unpaired) electrons. The van der Waals surface area contributed by atoms with Crippen LogP contribution < -0.4 is 10.1 Å². The Morgan fingerprint density at radius 2 is 2.23 bits per heavy atom. The summed E-state index contributed by atoms with van der Waals surface area (Å²) in [6, 6.07) is 6.79. The second kappa shape index (κ2) is 7.31. The normalized spacial score (nSPS) is 20.4. The van der Waals surface area contributed by atoms with Crippen LogP contribution in [0.5, 0.6) is 5.75 Å². The third-order valence-electron chi connectivity index (χ3n) is 5.29.